The fraction of sp³-hybridized carbons (Fsp3) is 0.833. The summed E-state index contributed by atoms with van der Waals surface area (Å²) in [4.78, 5) is 24.4. The van der Waals surface area contributed by atoms with E-state index in [1.54, 1.807) is 0 Å². The molecule has 0 radical (unpaired) electrons. The number of hydrogen-bond acceptors (Lipinski definition) is 2. The number of halogens is 1. The van der Waals surface area contributed by atoms with Gasteiger partial charge in [0.05, 0.1) is 6.54 Å². The lowest BCUT2D eigenvalue weighted by Gasteiger charge is -2.28. The predicted molar refractivity (Wildman–Crippen MR) is 59.2 cm³/mol. The summed E-state index contributed by atoms with van der Waals surface area (Å²) >= 11 is 0. The summed E-state index contributed by atoms with van der Waals surface area (Å²) in [5, 5.41) is 8.79. The molecule has 1 saturated heterocycles. The second-order valence-corrected chi connectivity index (χ2v) is 5.51. The summed E-state index contributed by atoms with van der Waals surface area (Å²) in [7, 11) is 0. The second-order valence-electron chi connectivity index (χ2n) is 5.51. The molecule has 0 aromatic rings. The smallest absolute Gasteiger partial charge is 0.343 e. The lowest BCUT2D eigenvalue weighted by atomic mass is 9.87. The number of carboxylic acid groups (broad SMARTS) is 1. The average Bonchev–Trinajstić information content (AvgIpc) is 2.86. The number of carbonyl (C=O) groups excluding carboxylic acids is 1. The van der Waals surface area contributed by atoms with Crippen LogP contribution in [0.3, 0.4) is 0 Å². The van der Waals surface area contributed by atoms with Crippen LogP contribution in [0.2, 0.25) is 0 Å². The van der Waals surface area contributed by atoms with Crippen LogP contribution in [0.4, 0.5) is 4.39 Å². The zero-order valence-corrected chi connectivity index (χ0v) is 10.0. The highest BCUT2D eigenvalue weighted by molar-refractivity contribution is 5.85. The van der Waals surface area contributed by atoms with E-state index in [2.05, 4.69) is 0 Å². The van der Waals surface area contributed by atoms with Gasteiger partial charge in [-0.15, -0.1) is 0 Å². The number of carboxylic acids is 1. The summed E-state index contributed by atoms with van der Waals surface area (Å²) in [5.74, 6) is -1.53. The number of amides is 1. The van der Waals surface area contributed by atoms with Gasteiger partial charge in [-0.3, -0.25) is 4.79 Å². The van der Waals surface area contributed by atoms with Crippen molar-refractivity contribution >= 4 is 11.9 Å². The van der Waals surface area contributed by atoms with Crippen molar-refractivity contribution in [2.75, 3.05) is 13.1 Å². The van der Waals surface area contributed by atoms with Gasteiger partial charge in [-0.2, -0.15) is 0 Å². The lowest BCUT2D eigenvalue weighted by molar-refractivity contribution is -0.151. The molecule has 96 valence electrons. The number of likely N-dealkylation sites (tertiary alicyclic amines) is 1. The Hall–Kier alpha value is -1.13. The van der Waals surface area contributed by atoms with Crippen LogP contribution in [-0.2, 0) is 9.59 Å². The molecule has 2 fully saturated rings. The minimum absolute atomic E-state index is 0.0734. The van der Waals surface area contributed by atoms with E-state index in [4.69, 9.17) is 5.11 Å². The third-order valence-electron chi connectivity index (χ3n) is 4.11. The van der Waals surface area contributed by atoms with E-state index in [-0.39, 0.29) is 25.4 Å². The first-order valence-electron chi connectivity index (χ1n) is 6.09. The maximum Gasteiger partial charge on any atom is 0.343 e. The molecule has 1 aliphatic heterocycles. The van der Waals surface area contributed by atoms with Crippen molar-refractivity contribution in [2.24, 2.45) is 5.41 Å². The molecular weight excluding hydrogens is 225 g/mol. The minimum atomic E-state index is -2.25. The molecule has 5 heteroatoms. The van der Waals surface area contributed by atoms with Crippen LogP contribution in [0.1, 0.15) is 39.0 Å². The van der Waals surface area contributed by atoms with Crippen molar-refractivity contribution in [3.63, 3.8) is 0 Å². The molecule has 0 bridgehead atoms. The fourth-order valence-corrected chi connectivity index (χ4v) is 2.87. The Morgan fingerprint density at radius 2 is 1.82 bits per heavy atom. The van der Waals surface area contributed by atoms with Crippen molar-refractivity contribution in [2.45, 2.75) is 44.7 Å². The standard InChI is InChI=1S/C12H18FNO3/c1-11(4-2-3-5-11)9(15)14-7-6-12(13,8-14)10(16)17/h2-8H2,1H3,(H,16,17). The Kier molecular flexibility index (Phi) is 2.87. The average molecular weight is 243 g/mol. The van der Waals surface area contributed by atoms with Crippen LogP contribution in [0, 0.1) is 5.41 Å². The molecule has 1 saturated carbocycles. The Labute approximate surface area is 99.8 Å². The Bertz CT molecular complexity index is 352. The number of carbonyl (C=O) groups is 2. The SMILES string of the molecule is CC1(C(=O)N2CCC(F)(C(=O)O)C2)CCCC1. The van der Waals surface area contributed by atoms with Gasteiger partial charge in [0.2, 0.25) is 11.6 Å². The monoisotopic (exact) mass is 243 g/mol. The fourth-order valence-electron chi connectivity index (χ4n) is 2.87. The summed E-state index contributed by atoms with van der Waals surface area (Å²) in [6.45, 7) is 1.83. The highest BCUT2D eigenvalue weighted by Gasteiger charge is 2.50. The molecule has 0 aromatic heterocycles. The molecule has 2 rings (SSSR count). The van der Waals surface area contributed by atoms with Gasteiger partial charge in [-0.25, -0.2) is 9.18 Å². The number of nitrogens with zero attached hydrogens (tertiary/aromatic N) is 1. The van der Waals surface area contributed by atoms with E-state index in [1.165, 1.54) is 4.90 Å². The first kappa shape index (κ1) is 12.3. The quantitative estimate of drug-likeness (QED) is 0.801. The van der Waals surface area contributed by atoms with E-state index in [0.29, 0.717) is 0 Å². The zero-order chi connectivity index (χ0) is 12.7. The first-order chi connectivity index (χ1) is 7.87. The number of rotatable bonds is 2. The molecule has 1 atom stereocenters. The van der Waals surface area contributed by atoms with Gasteiger partial charge < -0.3 is 10.0 Å². The van der Waals surface area contributed by atoms with Gasteiger partial charge in [0.15, 0.2) is 0 Å². The van der Waals surface area contributed by atoms with Crippen LogP contribution < -0.4 is 0 Å². The van der Waals surface area contributed by atoms with Gasteiger partial charge in [-0.05, 0) is 12.8 Å². The summed E-state index contributed by atoms with van der Waals surface area (Å²) in [5.41, 5.74) is -2.64. The maximum absolute atomic E-state index is 13.9. The maximum atomic E-state index is 13.9. The third-order valence-corrected chi connectivity index (χ3v) is 4.11. The van der Waals surface area contributed by atoms with Gasteiger partial charge in [-0.1, -0.05) is 19.8 Å². The van der Waals surface area contributed by atoms with E-state index in [1.807, 2.05) is 6.92 Å². The van der Waals surface area contributed by atoms with Crippen molar-refractivity contribution in [1.82, 2.24) is 4.90 Å². The number of aliphatic carboxylic acids is 1. The summed E-state index contributed by atoms with van der Waals surface area (Å²) in [6, 6.07) is 0. The van der Waals surface area contributed by atoms with Crippen LogP contribution in [0.5, 0.6) is 0 Å². The number of alkyl halides is 1. The van der Waals surface area contributed by atoms with Crippen molar-refractivity contribution in [1.29, 1.82) is 0 Å². The topological polar surface area (TPSA) is 57.6 Å². The molecule has 1 N–H and O–H groups in total. The van der Waals surface area contributed by atoms with Gasteiger partial charge in [0.1, 0.15) is 0 Å². The zero-order valence-electron chi connectivity index (χ0n) is 10.0. The molecule has 0 spiro atoms. The highest BCUT2D eigenvalue weighted by Crippen LogP contribution is 2.40. The van der Waals surface area contributed by atoms with Crippen LogP contribution in [-0.4, -0.2) is 40.6 Å². The van der Waals surface area contributed by atoms with Crippen LogP contribution in [0.25, 0.3) is 0 Å². The van der Waals surface area contributed by atoms with Gasteiger partial charge in [0, 0.05) is 18.4 Å². The summed E-state index contributed by atoms with van der Waals surface area (Å²) in [6.07, 6.45) is 3.61. The summed E-state index contributed by atoms with van der Waals surface area (Å²) < 4.78 is 13.9. The Morgan fingerprint density at radius 1 is 1.24 bits per heavy atom. The normalized spacial score (nSPS) is 31.8. The molecule has 0 aromatic carbocycles. The van der Waals surface area contributed by atoms with E-state index in [0.717, 1.165) is 25.7 Å². The largest absolute Gasteiger partial charge is 0.479 e. The molecule has 1 amide bonds. The Balaban J connectivity index is 2.06. The molecule has 1 heterocycles. The molecule has 1 aliphatic carbocycles. The third kappa shape index (κ3) is 2.03. The van der Waals surface area contributed by atoms with E-state index >= 15 is 0 Å². The van der Waals surface area contributed by atoms with Crippen LogP contribution >= 0.6 is 0 Å². The van der Waals surface area contributed by atoms with E-state index < -0.39 is 17.1 Å². The first-order valence-corrected chi connectivity index (χ1v) is 6.09. The minimum Gasteiger partial charge on any atom is -0.479 e. The molecule has 4 nitrogen and oxygen atoms in total. The second kappa shape index (κ2) is 3.96. The molecule has 1 unspecified atom stereocenters. The van der Waals surface area contributed by atoms with Gasteiger partial charge in [0.25, 0.3) is 0 Å². The Morgan fingerprint density at radius 3 is 2.29 bits per heavy atom. The molecule has 2 aliphatic rings. The molecule has 17 heavy (non-hydrogen) atoms. The lowest BCUT2D eigenvalue weighted by Crippen LogP contribution is -2.43. The number of hydrogen-bond donors (Lipinski definition) is 1. The highest BCUT2D eigenvalue weighted by atomic mass is 19.1. The van der Waals surface area contributed by atoms with Crippen molar-refractivity contribution in [3.8, 4) is 0 Å². The predicted octanol–water partition coefficient (Wildman–Crippen LogP) is 1.59. The van der Waals surface area contributed by atoms with E-state index in [9.17, 15) is 14.0 Å². The van der Waals surface area contributed by atoms with Crippen molar-refractivity contribution in [3.05, 3.63) is 0 Å². The van der Waals surface area contributed by atoms with Crippen LogP contribution in [0.15, 0.2) is 0 Å². The van der Waals surface area contributed by atoms with Gasteiger partial charge >= 0.3 is 5.97 Å². The van der Waals surface area contributed by atoms with Crippen molar-refractivity contribution < 1.29 is 19.1 Å². The molecular formula is C12H18FNO3.